The van der Waals surface area contributed by atoms with Gasteiger partial charge in [0.2, 0.25) is 5.43 Å². The van der Waals surface area contributed by atoms with Crippen LogP contribution >= 0.6 is 0 Å². The van der Waals surface area contributed by atoms with Gasteiger partial charge >= 0.3 is 6.16 Å². The molecule has 0 radical (unpaired) electrons. The minimum Gasteiger partial charge on any atom is -0.449 e. The number of carbonyl (C=O) groups is 1. The van der Waals surface area contributed by atoms with Crippen molar-refractivity contribution in [3.63, 3.8) is 0 Å². The van der Waals surface area contributed by atoms with Gasteiger partial charge in [0.15, 0.2) is 5.75 Å². The van der Waals surface area contributed by atoms with Crippen molar-refractivity contribution in [3.05, 3.63) is 82.4 Å². The van der Waals surface area contributed by atoms with Crippen LogP contribution in [0.3, 0.4) is 0 Å². The van der Waals surface area contributed by atoms with E-state index in [1.807, 2.05) is 0 Å². The molecule has 0 aliphatic rings. The molecule has 4 rings (SSSR count). The van der Waals surface area contributed by atoms with Gasteiger partial charge in [-0.15, -0.1) is 0 Å². The van der Waals surface area contributed by atoms with E-state index in [0.717, 1.165) is 12.3 Å². The van der Waals surface area contributed by atoms with E-state index in [1.54, 1.807) is 24.5 Å². The van der Waals surface area contributed by atoms with Crippen LogP contribution in [0.25, 0.3) is 22.0 Å². The Kier molecular flexibility index (Phi) is 4.55. The summed E-state index contributed by atoms with van der Waals surface area (Å²) in [5.41, 5.74) is 0.875. The fourth-order valence-corrected chi connectivity index (χ4v) is 3.11. The van der Waals surface area contributed by atoms with E-state index in [4.69, 9.17) is 5.11 Å². The molecule has 7 nitrogen and oxygen atoms in total. The molecule has 0 saturated carbocycles. The number of hydrogen-bond acceptors (Lipinski definition) is 4. The highest BCUT2D eigenvalue weighted by molar-refractivity contribution is 5.81. The van der Waals surface area contributed by atoms with Crippen LogP contribution in [0.2, 0.25) is 0 Å². The standard InChI is InChI=1S/C20H13F2N3O4/c21-14-2-1-3-16-18(14)19(26)17(29-20(27)28)10-25(16)9-12-5-4-11(6-15(12)22)13-7-23-24-8-13/h1-8,10H,9H2,(H,23,24)(H,27,28). The number of ether oxygens (including phenoxy) is 1. The molecule has 0 saturated heterocycles. The SMILES string of the molecule is O=C(O)Oc1cn(Cc2ccc(-c3cn[nH]c3)cc2F)c2cccc(F)c2c1=O. The maximum Gasteiger partial charge on any atom is 0.511 e. The molecule has 2 N–H and O–H groups in total. The van der Waals surface area contributed by atoms with Gasteiger partial charge in [-0.3, -0.25) is 9.89 Å². The zero-order chi connectivity index (χ0) is 20.5. The molecule has 0 fully saturated rings. The lowest BCUT2D eigenvalue weighted by Gasteiger charge is -2.14. The lowest BCUT2D eigenvalue weighted by atomic mass is 10.1. The summed E-state index contributed by atoms with van der Waals surface area (Å²) >= 11 is 0. The second-order valence-corrected chi connectivity index (χ2v) is 6.25. The predicted molar refractivity (Wildman–Crippen MR) is 99.9 cm³/mol. The molecule has 4 aromatic rings. The maximum atomic E-state index is 14.7. The van der Waals surface area contributed by atoms with Crippen molar-refractivity contribution >= 4 is 17.1 Å². The largest absolute Gasteiger partial charge is 0.511 e. The van der Waals surface area contributed by atoms with E-state index >= 15 is 0 Å². The highest BCUT2D eigenvalue weighted by Gasteiger charge is 2.17. The summed E-state index contributed by atoms with van der Waals surface area (Å²) in [6.07, 6.45) is 2.60. The predicted octanol–water partition coefficient (Wildman–Crippen LogP) is 3.77. The summed E-state index contributed by atoms with van der Waals surface area (Å²) in [6.45, 7) is -0.0757. The Morgan fingerprint density at radius 2 is 2.00 bits per heavy atom. The number of H-pyrrole nitrogens is 1. The van der Waals surface area contributed by atoms with Gasteiger partial charge in [-0.05, 0) is 23.8 Å². The normalized spacial score (nSPS) is 11.0. The molecule has 0 amide bonds. The van der Waals surface area contributed by atoms with Crippen molar-refractivity contribution in [2.45, 2.75) is 6.54 Å². The Morgan fingerprint density at radius 1 is 1.17 bits per heavy atom. The Bertz CT molecular complexity index is 1280. The van der Waals surface area contributed by atoms with Crippen molar-refractivity contribution in [1.82, 2.24) is 14.8 Å². The van der Waals surface area contributed by atoms with Crippen LogP contribution in [0, 0.1) is 11.6 Å². The molecule has 2 aromatic heterocycles. The van der Waals surface area contributed by atoms with Gasteiger partial charge in [-0.2, -0.15) is 5.10 Å². The Morgan fingerprint density at radius 3 is 2.69 bits per heavy atom. The first-order valence-electron chi connectivity index (χ1n) is 8.44. The molecule has 9 heteroatoms. The maximum absolute atomic E-state index is 14.7. The zero-order valence-corrected chi connectivity index (χ0v) is 14.7. The van der Waals surface area contributed by atoms with Crippen LogP contribution in [0.4, 0.5) is 13.6 Å². The Balaban J connectivity index is 1.82. The van der Waals surface area contributed by atoms with E-state index in [1.165, 1.54) is 22.8 Å². The summed E-state index contributed by atoms with van der Waals surface area (Å²) in [5.74, 6) is -1.91. The average molecular weight is 397 g/mol. The van der Waals surface area contributed by atoms with E-state index in [2.05, 4.69) is 14.9 Å². The third kappa shape index (κ3) is 3.45. The molecule has 0 aliphatic heterocycles. The molecule has 146 valence electrons. The van der Waals surface area contributed by atoms with Crippen molar-refractivity contribution in [2.75, 3.05) is 0 Å². The number of pyridine rings is 1. The van der Waals surface area contributed by atoms with Crippen LogP contribution in [0.15, 0.2) is 59.8 Å². The van der Waals surface area contributed by atoms with Gasteiger partial charge in [0.25, 0.3) is 0 Å². The summed E-state index contributed by atoms with van der Waals surface area (Å²) in [4.78, 5) is 23.3. The first-order chi connectivity index (χ1) is 13.9. The van der Waals surface area contributed by atoms with Gasteiger partial charge in [-0.25, -0.2) is 13.6 Å². The van der Waals surface area contributed by atoms with E-state index in [9.17, 15) is 18.4 Å². The summed E-state index contributed by atoms with van der Waals surface area (Å²) in [7, 11) is 0. The first-order valence-corrected chi connectivity index (χ1v) is 8.44. The van der Waals surface area contributed by atoms with Gasteiger partial charge < -0.3 is 14.4 Å². The third-order valence-corrected chi connectivity index (χ3v) is 4.45. The number of rotatable bonds is 4. The number of fused-ring (bicyclic) bond motifs is 1. The van der Waals surface area contributed by atoms with E-state index in [-0.39, 0.29) is 23.0 Å². The number of nitrogens with zero attached hydrogens (tertiary/aromatic N) is 2. The summed E-state index contributed by atoms with van der Waals surface area (Å²) in [6, 6.07) is 8.56. The van der Waals surface area contributed by atoms with Crippen LogP contribution < -0.4 is 10.2 Å². The highest BCUT2D eigenvalue weighted by atomic mass is 19.1. The lowest BCUT2D eigenvalue weighted by molar-refractivity contribution is 0.143. The molecule has 2 heterocycles. The topological polar surface area (TPSA) is 97.2 Å². The molecule has 2 aromatic carbocycles. The Labute approximate surface area is 161 Å². The minimum atomic E-state index is -1.71. The monoisotopic (exact) mass is 397 g/mol. The molecule has 0 bridgehead atoms. The third-order valence-electron chi connectivity index (χ3n) is 4.45. The summed E-state index contributed by atoms with van der Waals surface area (Å²) < 4.78 is 34.8. The van der Waals surface area contributed by atoms with E-state index < -0.39 is 29.0 Å². The number of nitrogens with one attached hydrogen (secondary N) is 1. The van der Waals surface area contributed by atoms with Gasteiger partial charge in [0.1, 0.15) is 11.6 Å². The van der Waals surface area contributed by atoms with Crippen molar-refractivity contribution in [2.24, 2.45) is 0 Å². The van der Waals surface area contributed by atoms with Crippen molar-refractivity contribution < 1.29 is 23.4 Å². The first kappa shape index (κ1) is 18.4. The smallest absolute Gasteiger partial charge is 0.449 e. The number of aromatic nitrogens is 3. The highest BCUT2D eigenvalue weighted by Crippen LogP contribution is 2.24. The second kappa shape index (κ2) is 7.19. The molecule has 0 atom stereocenters. The molecule has 0 aliphatic carbocycles. The summed E-state index contributed by atoms with van der Waals surface area (Å²) in [5, 5.41) is 15.0. The number of halogens is 2. The number of benzene rings is 2. The van der Waals surface area contributed by atoms with Crippen LogP contribution in [-0.4, -0.2) is 26.0 Å². The quantitative estimate of drug-likeness (QED) is 0.511. The molecule has 0 unspecified atom stereocenters. The zero-order valence-electron chi connectivity index (χ0n) is 14.7. The van der Waals surface area contributed by atoms with Crippen molar-refractivity contribution in [3.8, 4) is 16.9 Å². The Hall–Kier alpha value is -4.01. The fourth-order valence-electron chi connectivity index (χ4n) is 3.11. The van der Waals surface area contributed by atoms with Gasteiger partial charge in [0, 0.05) is 17.3 Å². The van der Waals surface area contributed by atoms with E-state index in [0.29, 0.717) is 11.1 Å². The number of carboxylic acid groups (broad SMARTS) is 1. The molecular weight excluding hydrogens is 384 g/mol. The molecular formula is C20H13F2N3O4. The lowest BCUT2D eigenvalue weighted by Crippen LogP contribution is -2.17. The second-order valence-electron chi connectivity index (χ2n) is 6.25. The van der Waals surface area contributed by atoms with Gasteiger partial charge in [-0.1, -0.05) is 18.2 Å². The number of aromatic amines is 1. The fraction of sp³-hybridized carbons (Fsp3) is 0.0500. The van der Waals surface area contributed by atoms with Crippen LogP contribution in [0.1, 0.15) is 5.56 Å². The van der Waals surface area contributed by atoms with Gasteiger partial charge in [0.05, 0.1) is 29.8 Å². The van der Waals surface area contributed by atoms with Crippen molar-refractivity contribution in [1.29, 1.82) is 0 Å². The average Bonchev–Trinajstić information content (AvgIpc) is 3.21. The van der Waals surface area contributed by atoms with Crippen LogP contribution in [-0.2, 0) is 6.54 Å². The molecule has 0 spiro atoms. The molecule has 29 heavy (non-hydrogen) atoms. The minimum absolute atomic E-state index is 0.0757. The number of hydrogen-bond donors (Lipinski definition) is 2. The van der Waals surface area contributed by atoms with Crippen LogP contribution in [0.5, 0.6) is 5.75 Å².